The molecule has 1 aromatic carbocycles. The van der Waals surface area contributed by atoms with Crippen LogP contribution in [0.2, 0.25) is 5.02 Å². The van der Waals surface area contributed by atoms with E-state index in [0.717, 1.165) is 16.6 Å². The molecule has 0 amide bonds. The second kappa shape index (κ2) is 6.50. The van der Waals surface area contributed by atoms with Crippen molar-refractivity contribution >= 4 is 32.7 Å². The smallest absolute Gasteiger partial charge is 0.243 e. The lowest BCUT2D eigenvalue weighted by Crippen LogP contribution is -2.36. The van der Waals surface area contributed by atoms with Crippen LogP contribution in [0.15, 0.2) is 47.5 Å². The third-order valence-electron chi connectivity index (χ3n) is 4.43. The number of aromatic nitrogens is 2. The van der Waals surface area contributed by atoms with Crippen molar-refractivity contribution in [1.82, 2.24) is 14.3 Å². The van der Waals surface area contributed by atoms with Crippen LogP contribution in [0.4, 0.5) is 0 Å². The number of pyridine rings is 2. The highest BCUT2D eigenvalue weighted by atomic mass is 35.5. The van der Waals surface area contributed by atoms with Gasteiger partial charge in [-0.3, -0.25) is 0 Å². The van der Waals surface area contributed by atoms with Crippen LogP contribution in [0, 0.1) is 0 Å². The standard InChI is InChI=1S/C18H16ClN3O3S/c1-25-15-3-2-4-16(9-15)26(23,24)22-6-5-17-13(11-22)7-12-8-14(19)10-20-18(12)21-17/h2-4,7-10H,5-6,11H2,1H3. The highest BCUT2D eigenvalue weighted by molar-refractivity contribution is 7.89. The van der Waals surface area contributed by atoms with Crippen LogP contribution in [-0.4, -0.2) is 36.3 Å². The molecular formula is C18H16ClN3O3S. The molecule has 2 aromatic heterocycles. The van der Waals surface area contributed by atoms with Crippen molar-refractivity contribution in [1.29, 1.82) is 0 Å². The normalized spacial score (nSPS) is 15.0. The monoisotopic (exact) mass is 389 g/mol. The summed E-state index contributed by atoms with van der Waals surface area (Å²) in [5, 5.41) is 1.33. The zero-order valence-corrected chi connectivity index (χ0v) is 15.6. The fourth-order valence-corrected chi connectivity index (χ4v) is 4.71. The van der Waals surface area contributed by atoms with Gasteiger partial charge in [-0.15, -0.1) is 0 Å². The van der Waals surface area contributed by atoms with E-state index in [2.05, 4.69) is 9.97 Å². The zero-order valence-electron chi connectivity index (χ0n) is 14.0. The van der Waals surface area contributed by atoms with E-state index in [1.807, 2.05) is 6.07 Å². The van der Waals surface area contributed by atoms with E-state index < -0.39 is 10.0 Å². The van der Waals surface area contributed by atoms with Crippen molar-refractivity contribution in [3.63, 3.8) is 0 Å². The molecule has 0 spiro atoms. The number of sulfonamides is 1. The van der Waals surface area contributed by atoms with Gasteiger partial charge in [0.05, 0.1) is 17.0 Å². The lowest BCUT2D eigenvalue weighted by molar-refractivity contribution is 0.387. The number of nitrogens with zero attached hydrogens (tertiary/aromatic N) is 3. The van der Waals surface area contributed by atoms with Gasteiger partial charge in [0.25, 0.3) is 0 Å². The van der Waals surface area contributed by atoms with Gasteiger partial charge in [0, 0.05) is 42.9 Å². The summed E-state index contributed by atoms with van der Waals surface area (Å²) in [6.45, 7) is 0.642. The third-order valence-corrected chi connectivity index (χ3v) is 6.47. The molecule has 8 heteroatoms. The molecule has 0 aliphatic carbocycles. The highest BCUT2D eigenvalue weighted by Gasteiger charge is 2.29. The Balaban J connectivity index is 1.70. The Labute approximate surface area is 156 Å². The molecule has 1 aliphatic rings. The lowest BCUT2D eigenvalue weighted by atomic mass is 10.1. The summed E-state index contributed by atoms with van der Waals surface area (Å²) in [4.78, 5) is 9.02. The molecule has 0 unspecified atom stereocenters. The Morgan fingerprint density at radius 2 is 2.08 bits per heavy atom. The first-order chi connectivity index (χ1) is 12.5. The Hall–Kier alpha value is -2.22. The van der Waals surface area contributed by atoms with Crippen molar-refractivity contribution < 1.29 is 13.2 Å². The van der Waals surface area contributed by atoms with Crippen LogP contribution in [0.25, 0.3) is 11.0 Å². The van der Waals surface area contributed by atoms with Crippen molar-refractivity contribution in [2.24, 2.45) is 0 Å². The summed E-state index contributed by atoms with van der Waals surface area (Å²) < 4.78 is 32.6. The SMILES string of the molecule is COc1cccc(S(=O)(=O)N2CCc3nc4ncc(Cl)cc4cc3C2)c1. The second-order valence-corrected chi connectivity index (χ2v) is 8.44. The van der Waals surface area contributed by atoms with Gasteiger partial charge in [-0.05, 0) is 29.8 Å². The van der Waals surface area contributed by atoms with E-state index in [0.29, 0.717) is 29.4 Å². The van der Waals surface area contributed by atoms with Crippen LogP contribution in [0.5, 0.6) is 5.75 Å². The molecular weight excluding hydrogens is 374 g/mol. The van der Waals surface area contributed by atoms with Crippen molar-refractivity contribution in [2.45, 2.75) is 17.9 Å². The molecule has 0 fully saturated rings. The summed E-state index contributed by atoms with van der Waals surface area (Å²) >= 11 is 6.00. The molecule has 3 aromatic rings. The number of methoxy groups -OCH3 is 1. The predicted octanol–water partition coefficient (Wildman–Crippen LogP) is 3.04. The van der Waals surface area contributed by atoms with Gasteiger partial charge in [-0.25, -0.2) is 18.4 Å². The van der Waals surface area contributed by atoms with Crippen molar-refractivity contribution in [3.8, 4) is 5.75 Å². The molecule has 3 heterocycles. The minimum atomic E-state index is -3.61. The summed E-state index contributed by atoms with van der Waals surface area (Å²) in [6, 6.07) is 10.2. The highest BCUT2D eigenvalue weighted by Crippen LogP contribution is 2.28. The average Bonchev–Trinajstić information content (AvgIpc) is 2.66. The van der Waals surface area contributed by atoms with Gasteiger partial charge in [0.2, 0.25) is 10.0 Å². The topological polar surface area (TPSA) is 72.4 Å². The fraction of sp³-hybridized carbons (Fsp3) is 0.222. The second-order valence-electron chi connectivity index (χ2n) is 6.06. The third kappa shape index (κ3) is 3.02. The van der Waals surface area contributed by atoms with Gasteiger partial charge in [0.15, 0.2) is 5.65 Å². The van der Waals surface area contributed by atoms with Crippen LogP contribution < -0.4 is 4.74 Å². The Morgan fingerprint density at radius 1 is 1.23 bits per heavy atom. The first-order valence-corrected chi connectivity index (χ1v) is 9.87. The largest absolute Gasteiger partial charge is 0.497 e. The van der Waals surface area contributed by atoms with Gasteiger partial charge >= 0.3 is 0 Å². The van der Waals surface area contributed by atoms with Crippen molar-refractivity contribution in [3.05, 3.63) is 58.9 Å². The maximum Gasteiger partial charge on any atom is 0.243 e. The van der Waals surface area contributed by atoms with E-state index in [1.165, 1.54) is 17.5 Å². The fourth-order valence-electron chi connectivity index (χ4n) is 3.09. The zero-order chi connectivity index (χ0) is 18.3. The maximum atomic E-state index is 13.0. The molecule has 26 heavy (non-hydrogen) atoms. The number of ether oxygens (including phenoxy) is 1. The number of halogens is 1. The predicted molar refractivity (Wildman–Crippen MR) is 98.8 cm³/mol. The van der Waals surface area contributed by atoms with Crippen LogP contribution in [-0.2, 0) is 23.0 Å². The first-order valence-electron chi connectivity index (χ1n) is 8.05. The van der Waals surface area contributed by atoms with E-state index in [1.54, 1.807) is 30.5 Å². The molecule has 0 saturated heterocycles. The van der Waals surface area contributed by atoms with Crippen LogP contribution >= 0.6 is 11.6 Å². The Kier molecular flexibility index (Phi) is 4.30. The Bertz CT molecular complexity index is 1100. The average molecular weight is 390 g/mol. The summed E-state index contributed by atoms with van der Waals surface area (Å²) in [6.07, 6.45) is 2.10. The number of benzene rings is 1. The summed E-state index contributed by atoms with van der Waals surface area (Å²) in [5.41, 5.74) is 2.38. The van der Waals surface area contributed by atoms with E-state index in [4.69, 9.17) is 16.3 Å². The summed E-state index contributed by atoms with van der Waals surface area (Å²) in [7, 11) is -2.10. The van der Waals surface area contributed by atoms with Crippen LogP contribution in [0.3, 0.4) is 0 Å². The molecule has 0 atom stereocenters. The molecule has 0 saturated carbocycles. The molecule has 6 nitrogen and oxygen atoms in total. The van der Waals surface area contributed by atoms with Crippen LogP contribution in [0.1, 0.15) is 11.3 Å². The number of hydrogen-bond acceptors (Lipinski definition) is 5. The number of rotatable bonds is 3. The minimum absolute atomic E-state index is 0.221. The van der Waals surface area contributed by atoms with Gasteiger partial charge in [-0.1, -0.05) is 17.7 Å². The molecule has 1 aliphatic heterocycles. The number of fused-ring (bicyclic) bond motifs is 2. The van der Waals surface area contributed by atoms with Crippen molar-refractivity contribution in [2.75, 3.05) is 13.7 Å². The Morgan fingerprint density at radius 3 is 2.88 bits per heavy atom. The molecule has 134 valence electrons. The molecule has 0 radical (unpaired) electrons. The first kappa shape index (κ1) is 17.2. The maximum absolute atomic E-state index is 13.0. The van der Waals surface area contributed by atoms with E-state index >= 15 is 0 Å². The van der Waals surface area contributed by atoms with E-state index in [-0.39, 0.29) is 11.4 Å². The summed E-state index contributed by atoms with van der Waals surface area (Å²) in [5.74, 6) is 0.511. The molecule has 4 rings (SSSR count). The molecule has 0 N–H and O–H groups in total. The molecule has 0 bridgehead atoms. The van der Waals surface area contributed by atoms with E-state index in [9.17, 15) is 8.42 Å². The lowest BCUT2D eigenvalue weighted by Gasteiger charge is -2.27. The minimum Gasteiger partial charge on any atom is -0.497 e. The van der Waals surface area contributed by atoms with Gasteiger partial charge in [-0.2, -0.15) is 4.31 Å². The van der Waals surface area contributed by atoms with Gasteiger partial charge in [0.1, 0.15) is 5.75 Å². The number of hydrogen-bond donors (Lipinski definition) is 0. The quantitative estimate of drug-likeness (QED) is 0.688. The van der Waals surface area contributed by atoms with Gasteiger partial charge < -0.3 is 4.74 Å².